The number of benzene rings is 1. The summed E-state index contributed by atoms with van der Waals surface area (Å²) in [6.07, 6.45) is 6.67. The highest BCUT2D eigenvalue weighted by atomic mass is 16.6. The van der Waals surface area contributed by atoms with Gasteiger partial charge in [0.25, 0.3) is 0 Å². The number of fused-ring (bicyclic) bond motifs is 3. The van der Waals surface area contributed by atoms with Crippen LogP contribution in [0, 0.1) is 0 Å². The molecule has 5 heterocycles. The lowest BCUT2D eigenvalue weighted by Crippen LogP contribution is -2.36. The van der Waals surface area contributed by atoms with Crippen molar-refractivity contribution in [2.24, 2.45) is 0 Å². The molecule has 16 nitrogen and oxygen atoms in total. The van der Waals surface area contributed by atoms with Crippen molar-refractivity contribution in [3.8, 4) is 11.3 Å². The predicted molar refractivity (Wildman–Crippen MR) is 202 cm³/mol. The number of carbonyl (C=O) groups is 2. The third-order valence-corrected chi connectivity index (χ3v) is 9.04. The third kappa shape index (κ3) is 10.6. The van der Waals surface area contributed by atoms with E-state index in [9.17, 15) is 9.59 Å². The molecule has 0 radical (unpaired) electrons. The molecule has 16 heteroatoms. The zero-order chi connectivity index (χ0) is 37.5. The molecule has 0 bridgehead atoms. The smallest absolute Gasteiger partial charge is 0.225 e. The summed E-state index contributed by atoms with van der Waals surface area (Å²) in [6.45, 7) is 8.51. The standard InChI is InChI=1S/C38H49N9O7/c1-2-32(48)40-9-12-51-14-16-53-18-20-54-19-17-52-15-13-50-11-7-33(49)46-10-6-28-21-27(3-4-30(28)25-46)24-47-38-34(36(39)43-26-44-38)35(45-47)31-22-29-5-8-41-37(29)42-23-31/h3-5,8,21-23,26H,2,6-7,9-20,24-25H2,1H3,(H,40,48)(H,41,42)(H2,39,43,44). The van der Waals surface area contributed by atoms with Crippen LogP contribution in [0.5, 0.6) is 0 Å². The van der Waals surface area contributed by atoms with Gasteiger partial charge in [0.15, 0.2) is 5.65 Å². The number of nitrogen functional groups attached to an aromatic ring is 1. The van der Waals surface area contributed by atoms with E-state index in [-0.39, 0.29) is 11.8 Å². The van der Waals surface area contributed by atoms with Crippen molar-refractivity contribution in [1.29, 1.82) is 0 Å². The fraction of sp³-hybridized carbons (Fsp3) is 0.474. The molecule has 4 aromatic heterocycles. The van der Waals surface area contributed by atoms with Gasteiger partial charge in [0, 0.05) is 49.4 Å². The van der Waals surface area contributed by atoms with E-state index in [2.05, 4.69) is 43.5 Å². The summed E-state index contributed by atoms with van der Waals surface area (Å²) in [5, 5.41) is 9.37. The quantitative estimate of drug-likeness (QED) is 0.0880. The Labute approximate surface area is 313 Å². The SMILES string of the molecule is CCC(=O)NCCOCCOCCOCCOCCOCCC(=O)N1CCc2cc(Cn3nc(-c4cnc5[nH]ccc5c4)c4c(N)ncnc43)ccc2C1. The van der Waals surface area contributed by atoms with Gasteiger partial charge in [-0.3, -0.25) is 9.59 Å². The van der Waals surface area contributed by atoms with Gasteiger partial charge in [0.1, 0.15) is 23.5 Å². The van der Waals surface area contributed by atoms with E-state index in [1.54, 1.807) is 6.20 Å². The van der Waals surface area contributed by atoms with Crippen LogP contribution in [0.15, 0.2) is 49.1 Å². The number of rotatable bonds is 22. The number of hydrogen-bond acceptors (Lipinski definition) is 12. The summed E-state index contributed by atoms with van der Waals surface area (Å²) < 4.78 is 29.4. The molecule has 0 saturated heterocycles. The Morgan fingerprint density at radius 1 is 0.870 bits per heavy atom. The summed E-state index contributed by atoms with van der Waals surface area (Å²) in [6, 6.07) is 10.4. The van der Waals surface area contributed by atoms with Crippen LogP contribution >= 0.6 is 0 Å². The largest absolute Gasteiger partial charge is 0.383 e. The summed E-state index contributed by atoms with van der Waals surface area (Å²) in [4.78, 5) is 42.4. The Morgan fingerprint density at radius 3 is 2.33 bits per heavy atom. The number of nitrogens with two attached hydrogens (primary N) is 1. The van der Waals surface area contributed by atoms with Crippen LogP contribution in [0.3, 0.4) is 0 Å². The van der Waals surface area contributed by atoms with Crippen molar-refractivity contribution in [3.05, 3.63) is 65.7 Å². The van der Waals surface area contributed by atoms with Crippen LogP contribution in [-0.2, 0) is 52.8 Å². The Kier molecular flexibility index (Phi) is 14.3. The molecule has 0 atom stereocenters. The summed E-state index contributed by atoms with van der Waals surface area (Å²) in [5.41, 5.74) is 12.8. The van der Waals surface area contributed by atoms with Gasteiger partial charge < -0.3 is 44.6 Å². The van der Waals surface area contributed by atoms with E-state index < -0.39 is 0 Å². The number of hydrogen-bond donors (Lipinski definition) is 3. The Hall–Kier alpha value is -5.00. The minimum atomic E-state index is 0.0182. The number of nitrogens with zero attached hydrogens (tertiary/aromatic N) is 6. The first-order valence-electron chi connectivity index (χ1n) is 18.4. The molecule has 0 unspecified atom stereocenters. The number of amides is 2. The normalized spacial score (nSPS) is 12.8. The maximum atomic E-state index is 13.0. The molecule has 54 heavy (non-hydrogen) atoms. The minimum Gasteiger partial charge on any atom is -0.383 e. The number of anilines is 1. The average Bonchev–Trinajstić information content (AvgIpc) is 3.82. The molecule has 2 amide bonds. The van der Waals surface area contributed by atoms with Crippen LogP contribution in [0.1, 0.15) is 36.5 Å². The second-order valence-corrected chi connectivity index (χ2v) is 12.8. The highest BCUT2D eigenvalue weighted by Crippen LogP contribution is 2.32. The second-order valence-electron chi connectivity index (χ2n) is 12.8. The molecule has 0 fully saturated rings. The summed E-state index contributed by atoms with van der Waals surface area (Å²) >= 11 is 0. The van der Waals surface area contributed by atoms with Gasteiger partial charge in [-0.15, -0.1) is 0 Å². The van der Waals surface area contributed by atoms with Crippen molar-refractivity contribution < 1.29 is 33.3 Å². The van der Waals surface area contributed by atoms with Crippen molar-refractivity contribution in [2.45, 2.75) is 39.3 Å². The number of aromatic amines is 1. The van der Waals surface area contributed by atoms with Gasteiger partial charge in [-0.1, -0.05) is 25.1 Å². The highest BCUT2D eigenvalue weighted by Gasteiger charge is 2.22. The molecule has 1 aliphatic heterocycles. The minimum absolute atomic E-state index is 0.0182. The van der Waals surface area contributed by atoms with Crippen LogP contribution < -0.4 is 11.1 Å². The molecular weight excluding hydrogens is 694 g/mol. The molecule has 1 aliphatic rings. The molecule has 288 valence electrons. The molecule has 0 spiro atoms. The molecule has 0 aliphatic carbocycles. The second kappa shape index (κ2) is 19.9. The van der Waals surface area contributed by atoms with Gasteiger partial charge >= 0.3 is 0 Å². The van der Waals surface area contributed by atoms with Crippen LogP contribution in [0.2, 0.25) is 0 Å². The first kappa shape index (κ1) is 38.7. The van der Waals surface area contributed by atoms with Gasteiger partial charge in [-0.25, -0.2) is 19.6 Å². The zero-order valence-electron chi connectivity index (χ0n) is 30.8. The first-order chi connectivity index (χ1) is 26.5. The van der Waals surface area contributed by atoms with Crippen molar-refractivity contribution in [2.75, 3.05) is 84.9 Å². The molecule has 4 N–H and O–H groups in total. The van der Waals surface area contributed by atoms with Crippen molar-refractivity contribution in [3.63, 3.8) is 0 Å². The first-order valence-corrected chi connectivity index (χ1v) is 18.4. The lowest BCUT2D eigenvalue weighted by molar-refractivity contribution is -0.133. The van der Waals surface area contributed by atoms with E-state index in [1.807, 2.05) is 34.8 Å². The van der Waals surface area contributed by atoms with Crippen LogP contribution in [0.25, 0.3) is 33.3 Å². The average molecular weight is 744 g/mol. The van der Waals surface area contributed by atoms with E-state index >= 15 is 0 Å². The number of aromatic nitrogens is 6. The number of ether oxygens (including phenoxy) is 5. The summed E-state index contributed by atoms with van der Waals surface area (Å²) in [5.74, 6) is 0.467. The Morgan fingerprint density at radius 2 is 1.59 bits per heavy atom. The molecule has 0 saturated carbocycles. The van der Waals surface area contributed by atoms with E-state index in [4.69, 9.17) is 34.5 Å². The van der Waals surface area contributed by atoms with E-state index in [0.717, 1.165) is 34.1 Å². The highest BCUT2D eigenvalue weighted by molar-refractivity contribution is 5.99. The van der Waals surface area contributed by atoms with Gasteiger partial charge in [-0.2, -0.15) is 5.10 Å². The monoisotopic (exact) mass is 743 g/mol. The van der Waals surface area contributed by atoms with Crippen LogP contribution in [-0.4, -0.2) is 126 Å². The van der Waals surface area contributed by atoms with Crippen molar-refractivity contribution in [1.82, 2.24) is 39.9 Å². The number of pyridine rings is 1. The maximum Gasteiger partial charge on any atom is 0.225 e. The van der Waals surface area contributed by atoms with Crippen LogP contribution in [0.4, 0.5) is 5.82 Å². The van der Waals surface area contributed by atoms with Gasteiger partial charge in [0.2, 0.25) is 11.8 Å². The molecule has 5 aromatic rings. The molecular formula is C38H49N9O7. The Balaban J connectivity index is 0.853. The lowest BCUT2D eigenvalue weighted by Gasteiger charge is -2.29. The molecule has 1 aromatic carbocycles. The van der Waals surface area contributed by atoms with E-state index in [1.165, 1.54) is 11.9 Å². The number of nitrogens with one attached hydrogen (secondary N) is 2. The summed E-state index contributed by atoms with van der Waals surface area (Å²) in [7, 11) is 0. The fourth-order valence-corrected chi connectivity index (χ4v) is 6.19. The zero-order valence-corrected chi connectivity index (χ0v) is 30.8. The Bertz CT molecular complexity index is 1980. The third-order valence-electron chi connectivity index (χ3n) is 9.04. The van der Waals surface area contributed by atoms with E-state index in [0.29, 0.717) is 128 Å². The fourth-order valence-electron chi connectivity index (χ4n) is 6.19. The van der Waals surface area contributed by atoms with Gasteiger partial charge in [0.05, 0.1) is 84.4 Å². The lowest BCUT2D eigenvalue weighted by atomic mass is 9.97. The molecule has 6 rings (SSSR count). The maximum absolute atomic E-state index is 13.0. The number of carbonyl (C=O) groups excluding carboxylic acids is 2. The van der Waals surface area contributed by atoms with Gasteiger partial charge in [-0.05, 0) is 35.2 Å². The van der Waals surface area contributed by atoms with Crippen molar-refractivity contribution >= 4 is 39.7 Å². The number of H-pyrrole nitrogens is 1. The predicted octanol–water partition coefficient (Wildman–Crippen LogP) is 2.88. The topological polar surface area (TPSA) is 194 Å².